The number of rotatable bonds is 2. The lowest BCUT2D eigenvalue weighted by Crippen LogP contribution is -2.48. The number of aliphatic hydroxyl groups is 1. The van der Waals surface area contributed by atoms with Crippen molar-refractivity contribution in [2.45, 2.75) is 65.4 Å². The molecule has 0 aromatic rings. The Morgan fingerprint density at radius 2 is 1.36 bits per heavy atom. The van der Waals surface area contributed by atoms with Gasteiger partial charge in [0.25, 0.3) is 0 Å². The molecule has 1 nitrogen and oxygen atoms in total. The Morgan fingerprint density at radius 3 is 1.71 bits per heavy atom. The Kier molecular flexibility index (Phi) is 2.42. The summed E-state index contributed by atoms with van der Waals surface area (Å²) in [6.45, 7) is 6.74. The van der Waals surface area contributed by atoms with Crippen LogP contribution in [0.1, 0.15) is 59.3 Å². The Labute approximate surface area is 87.9 Å². The smallest absolute Gasteiger partial charge is 0.0619 e. The second-order valence-corrected chi connectivity index (χ2v) is 6.36. The van der Waals surface area contributed by atoms with Crippen LogP contribution >= 0.6 is 0 Å². The van der Waals surface area contributed by atoms with E-state index in [-0.39, 0.29) is 6.10 Å². The molecule has 1 N–H and O–H groups in total. The summed E-state index contributed by atoms with van der Waals surface area (Å²) < 4.78 is 0. The maximum absolute atomic E-state index is 10.3. The molecule has 1 heteroatoms. The largest absolute Gasteiger partial charge is 0.392 e. The van der Waals surface area contributed by atoms with Gasteiger partial charge in [-0.1, -0.05) is 20.8 Å². The van der Waals surface area contributed by atoms with Gasteiger partial charge in [-0.05, 0) is 55.3 Å². The molecule has 82 valence electrons. The second-order valence-electron chi connectivity index (χ2n) is 6.36. The highest BCUT2D eigenvalue weighted by molar-refractivity contribution is 5.01. The summed E-state index contributed by atoms with van der Waals surface area (Å²) >= 11 is 0. The van der Waals surface area contributed by atoms with Crippen molar-refractivity contribution >= 4 is 0 Å². The summed E-state index contributed by atoms with van der Waals surface area (Å²) in [5.74, 6) is 0.428. The van der Waals surface area contributed by atoms with E-state index in [2.05, 4.69) is 20.8 Å². The Hall–Kier alpha value is -0.0400. The number of hydrogen-bond acceptors (Lipinski definition) is 1. The van der Waals surface area contributed by atoms with Gasteiger partial charge in [0.1, 0.15) is 0 Å². The van der Waals surface area contributed by atoms with Crippen molar-refractivity contribution in [2.75, 3.05) is 0 Å². The maximum Gasteiger partial charge on any atom is 0.0619 e. The van der Waals surface area contributed by atoms with Crippen molar-refractivity contribution in [3.63, 3.8) is 0 Å². The van der Waals surface area contributed by atoms with Gasteiger partial charge in [-0.25, -0.2) is 0 Å². The summed E-state index contributed by atoms with van der Waals surface area (Å²) in [5.41, 5.74) is 0.921. The zero-order chi connectivity index (χ0) is 10.4. The van der Waals surface area contributed by atoms with E-state index in [0.29, 0.717) is 16.7 Å². The van der Waals surface area contributed by atoms with Crippen LogP contribution in [0.3, 0.4) is 0 Å². The van der Waals surface area contributed by atoms with Gasteiger partial charge >= 0.3 is 0 Å². The highest BCUT2D eigenvalue weighted by atomic mass is 16.3. The molecule has 0 aliphatic heterocycles. The third-order valence-corrected chi connectivity index (χ3v) is 4.94. The lowest BCUT2D eigenvalue weighted by molar-refractivity contribution is -0.0994. The highest BCUT2D eigenvalue weighted by Crippen LogP contribution is 2.58. The van der Waals surface area contributed by atoms with Gasteiger partial charge in [-0.3, -0.25) is 0 Å². The second kappa shape index (κ2) is 3.23. The topological polar surface area (TPSA) is 20.2 Å². The fourth-order valence-corrected chi connectivity index (χ4v) is 3.55. The monoisotopic (exact) mass is 196 g/mol. The lowest BCUT2D eigenvalue weighted by Gasteiger charge is -2.55. The predicted octanol–water partition coefficient (Wildman–Crippen LogP) is 3.36. The van der Waals surface area contributed by atoms with Crippen molar-refractivity contribution in [2.24, 2.45) is 16.7 Å². The zero-order valence-corrected chi connectivity index (χ0v) is 9.84. The first kappa shape index (κ1) is 10.5. The molecule has 3 aliphatic carbocycles. The lowest BCUT2D eigenvalue weighted by atomic mass is 9.52. The minimum Gasteiger partial charge on any atom is -0.392 e. The van der Waals surface area contributed by atoms with Crippen LogP contribution in [0.5, 0.6) is 0 Å². The Balaban J connectivity index is 2.12. The first-order chi connectivity index (χ1) is 6.48. The summed E-state index contributed by atoms with van der Waals surface area (Å²) in [4.78, 5) is 0. The van der Waals surface area contributed by atoms with E-state index in [1.54, 1.807) is 0 Å². The van der Waals surface area contributed by atoms with Crippen LogP contribution in [-0.4, -0.2) is 11.2 Å². The Bertz CT molecular complexity index is 195. The van der Waals surface area contributed by atoms with Gasteiger partial charge in [0.2, 0.25) is 0 Å². The van der Waals surface area contributed by atoms with Gasteiger partial charge in [-0.2, -0.15) is 0 Å². The van der Waals surface area contributed by atoms with Gasteiger partial charge in [-0.15, -0.1) is 0 Å². The highest BCUT2D eigenvalue weighted by Gasteiger charge is 2.50. The summed E-state index contributed by atoms with van der Waals surface area (Å²) in [5, 5.41) is 10.3. The van der Waals surface area contributed by atoms with E-state index in [1.807, 2.05) is 0 Å². The molecule has 0 radical (unpaired) electrons. The third-order valence-electron chi connectivity index (χ3n) is 4.94. The molecule has 0 amide bonds. The minimum atomic E-state index is -0.0626. The fraction of sp³-hybridized carbons (Fsp3) is 1.00. The zero-order valence-electron chi connectivity index (χ0n) is 9.84. The average molecular weight is 196 g/mol. The van der Waals surface area contributed by atoms with Gasteiger partial charge in [0, 0.05) is 0 Å². The van der Waals surface area contributed by atoms with Gasteiger partial charge in [0.15, 0.2) is 0 Å². The van der Waals surface area contributed by atoms with Crippen molar-refractivity contribution in [1.82, 2.24) is 0 Å². The summed E-state index contributed by atoms with van der Waals surface area (Å²) in [6.07, 6.45) is 7.77. The molecule has 3 aliphatic rings. The normalized spacial score (nSPS) is 44.4. The average Bonchev–Trinajstić information content (AvgIpc) is 2.18. The number of fused-ring (bicyclic) bond motifs is 3. The van der Waals surface area contributed by atoms with Crippen LogP contribution in [-0.2, 0) is 0 Å². The molecule has 0 spiro atoms. The van der Waals surface area contributed by atoms with Crippen molar-refractivity contribution in [3.05, 3.63) is 0 Å². The molecule has 14 heavy (non-hydrogen) atoms. The van der Waals surface area contributed by atoms with E-state index in [0.717, 1.165) is 0 Å². The standard InChI is InChI=1S/C13H24O/c1-10(2)11(14)13-7-4-12(3,5-8-13)6-9-13/h10-11,14H,4-9H2,1-3H3/t11-,12?,13?/m1/s1. The molecular weight excluding hydrogens is 172 g/mol. The molecule has 0 aromatic heterocycles. The molecule has 3 saturated carbocycles. The summed E-state index contributed by atoms with van der Waals surface area (Å²) in [7, 11) is 0. The Morgan fingerprint density at radius 1 is 0.929 bits per heavy atom. The first-order valence-corrected chi connectivity index (χ1v) is 6.16. The number of aliphatic hydroxyl groups excluding tert-OH is 1. The molecule has 0 heterocycles. The minimum absolute atomic E-state index is 0.0626. The molecule has 0 saturated heterocycles. The van der Waals surface area contributed by atoms with E-state index in [4.69, 9.17) is 0 Å². The van der Waals surface area contributed by atoms with Crippen LogP contribution in [0.15, 0.2) is 0 Å². The SMILES string of the molecule is CC(C)[C@@H](O)C12CCC(C)(CC1)CC2. The van der Waals surface area contributed by atoms with Crippen molar-refractivity contribution in [1.29, 1.82) is 0 Å². The molecule has 2 bridgehead atoms. The van der Waals surface area contributed by atoms with E-state index >= 15 is 0 Å². The maximum atomic E-state index is 10.3. The molecule has 0 aromatic carbocycles. The van der Waals surface area contributed by atoms with Gasteiger partial charge < -0.3 is 5.11 Å². The fourth-order valence-electron chi connectivity index (χ4n) is 3.55. The van der Waals surface area contributed by atoms with Crippen molar-refractivity contribution < 1.29 is 5.11 Å². The molecular formula is C13H24O. The van der Waals surface area contributed by atoms with Crippen LogP contribution < -0.4 is 0 Å². The van der Waals surface area contributed by atoms with Crippen LogP contribution in [0, 0.1) is 16.7 Å². The van der Waals surface area contributed by atoms with E-state index in [1.165, 1.54) is 38.5 Å². The van der Waals surface area contributed by atoms with Crippen LogP contribution in [0.2, 0.25) is 0 Å². The van der Waals surface area contributed by atoms with Crippen LogP contribution in [0.4, 0.5) is 0 Å². The number of hydrogen-bond donors (Lipinski definition) is 1. The molecule has 3 rings (SSSR count). The van der Waals surface area contributed by atoms with Gasteiger partial charge in [0.05, 0.1) is 6.10 Å². The first-order valence-electron chi connectivity index (χ1n) is 6.16. The molecule has 3 fully saturated rings. The predicted molar refractivity (Wildman–Crippen MR) is 59.1 cm³/mol. The summed E-state index contributed by atoms with van der Waals surface area (Å²) in [6, 6.07) is 0. The van der Waals surface area contributed by atoms with Crippen LogP contribution in [0.25, 0.3) is 0 Å². The van der Waals surface area contributed by atoms with Crippen molar-refractivity contribution in [3.8, 4) is 0 Å². The quantitative estimate of drug-likeness (QED) is 0.718. The van der Waals surface area contributed by atoms with E-state index in [9.17, 15) is 5.11 Å². The molecule has 0 unspecified atom stereocenters. The molecule has 1 atom stereocenters. The van der Waals surface area contributed by atoms with E-state index < -0.39 is 0 Å². The third kappa shape index (κ3) is 1.50.